The van der Waals surface area contributed by atoms with Gasteiger partial charge in [0.25, 0.3) is 0 Å². The van der Waals surface area contributed by atoms with E-state index in [9.17, 15) is 8.42 Å². The van der Waals surface area contributed by atoms with E-state index in [1.165, 1.54) is 0 Å². The normalized spacial score (nSPS) is 13.5. The summed E-state index contributed by atoms with van der Waals surface area (Å²) in [7, 11) is -3.58. The SMILES string of the molecule is CCCNCc1cc(S(=O)(=O)NC(C)COCC)c(C)o1. The van der Waals surface area contributed by atoms with Crippen LogP contribution in [0.25, 0.3) is 0 Å². The first-order chi connectivity index (χ1) is 9.90. The number of hydrogen-bond acceptors (Lipinski definition) is 5. The summed E-state index contributed by atoms with van der Waals surface area (Å²) in [4.78, 5) is 0.194. The summed E-state index contributed by atoms with van der Waals surface area (Å²) >= 11 is 0. The van der Waals surface area contributed by atoms with Gasteiger partial charge in [-0.15, -0.1) is 0 Å². The molecule has 7 heteroatoms. The molecule has 1 unspecified atom stereocenters. The molecule has 1 atom stereocenters. The van der Waals surface area contributed by atoms with E-state index in [2.05, 4.69) is 17.0 Å². The van der Waals surface area contributed by atoms with Crippen molar-refractivity contribution in [2.75, 3.05) is 19.8 Å². The molecule has 2 N–H and O–H groups in total. The van der Waals surface area contributed by atoms with Crippen molar-refractivity contribution in [2.24, 2.45) is 0 Å². The second-order valence-corrected chi connectivity index (χ2v) is 6.67. The Morgan fingerprint density at radius 1 is 1.38 bits per heavy atom. The number of nitrogens with one attached hydrogen (secondary N) is 2. The quantitative estimate of drug-likeness (QED) is 0.643. The van der Waals surface area contributed by atoms with Gasteiger partial charge >= 0.3 is 0 Å². The van der Waals surface area contributed by atoms with Crippen LogP contribution in [0.2, 0.25) is 0 Å². The lowest BCUT2D eigenvalue weighted by Gasteiger charge is -2.13. The molecule has 0 aliphatic rings. The maximum Gasteiger partial charge on any atom is 0.244 e. The third kappa shape index (κ3) is 5.78. The van der Waals surface area contributed by atoms with Gasteiger partial charge in [0.05, 0.1) is 13.2 Å². The number of sulfonamides is 1. The van der Waals surface area contributed by atoms with Crippen molar-refractivity contribution in [2.45, 2.75) is 51.6 Å². The average molecular weight is 318 g/mol. The van der Waals surface area contributed by atoms with E-state index in [0.29, 0.717) is 31.3 Å². The monoisotopic (exact) mass is 318 g/mol. The van der Waals surface area contributed by atoms with Crippen LogP contribution in [-0.2, 0) is 21.3 Å². The molecule has 1 heterocycles. The molecule has 21 heavy (non-hydrogen) atoms. The predicted octanol–water partition coefficient (Wildman–Crippen LogP) is 1.79. The van der Waals surface area contributed by atoms with Gasteiger partial charge in [-0.2, -0.15) is 0 Å². The van der Waals surface area contributed by atoms with Crippen molar-refractivity contribution in [3.05, 3.63) is 17.6 Å². The molecule has 0 aromatic carbocycles. The summed E-state index contributed by atoms with van der Waals surface area (Å²) in [6.45, 7) is 9.67. The number of aryl methyl sites for hydroxylation is 1. The number of furan rings is 1. The minimum Gasteiger partial charge on any atom is -0.464 e. The molecule has 0 aliphatic carbocycles. The molecule has 0 saturated carbocycles. The van der Waals surface area contributed by atoms with E-state index in [1.54, 1.807) is 19.9 Å². The smallest absolute Gasteiger partial charge is 0.244 e. The van der Waals surface area contributed by atoms with Gasteiger partial charge in [-0.05, 0) is 33.7 Å². The third-order valence-corrected chi connectivity index (χ3v) is 4.56. The van der Waals surface area contributed by atoms with Gasteiger partial charge in [0.15, 0.2) is 0 Å². The first-order valence-corrected chi connectivity index (χ1v) is 8.79. The van der Waals surface area contributed by atoms with Gasteiger partial charge in [-0.3, -0.25) is 0 Å². The van der Waals surface area contributed by atoms with Crippen molar-refractivity contribution in [3.63, 3.8) is 0 Å². The average Bonchev–Trinajstić information content (AvgIpc) is 2.78. The molecule has 1 aromatic heterocycles. The van der Waals surface area contributed by atoms with Gasteiger partial charge in [-0.1, -0.05) is 6.92 Å². The Morgan fingerprint density at radius 3 is 2.71 bits per heavy atom. The zero-order valence-corrected chi connectivity index (χ0v) is 14.0. The molecule has 0 amide bonds. The zero-order valence-electron chi connectivity index (χ0n) is 13.2. The van der Waals surface area contributed by atoms with Crippen molar-refractivity contribution < 1.29 is 17.6 Å². The summed E-state index contributed by atoms with van der Waals surface area (Å²) in [6.07, 6.45) is 1.02. The molecular weight excluding hydrogens is 292 g/mol. The van der Waals surface area contributed by atoms with Crippen molar-refractivity contribution in [1.82, 2.24) is 10.0 Å². The fourth-order valence-corrected chi connectivity index (χ4v) is 3.35. The van der Waals surface area contributed by atoms with Crippen LogP contribution in [0.1, 0.15) is 38.7 Å². The Hall–Kier alpha value is -0.890. The maximum absolute atomic E-state index is 12.3. The molecule has 0 saturated heterocycles. The molecule has 0 radical (unpaired) electrons. The molecule has 0 fully saturated rings. The van der Waals surface area contributed by atoms with Crippen molar-refractivity contribution >= 4 is 10.0 Å². The second kappa shape index (κ2) is 8.53. The summed E-state index contributed by atoms with van der Waals surface area (Å²) in [5.74, 6) is 1.03. The van der Waals surface area contributed by atoms with Crippen LogP contribution < -0.4 is 10.0 Å². The lowest BCUT2D eigenvalue weighted by molar-refractivity contribution is 0.133. The zero-order chi connectivity index (χ0) is 15.9. The predicted molar refractivity (Wildman–Crippen MR) is 81.7 cm³/mol. The van der Waals surface area contributed by atoms with Crippen molar-refractivity contribution in [3.8, 4) is 0 Å². The molecule has 6 nitrogen and oxygen atoms in total. The van der Waals surface area contributed by atoms with E-state index in [4.69, 9.17) is 9.15 Å². The first-order valence-electron chi connectivity index (χ1n) is 7.30. The summed E-state index contributed by atoms with van der Waals surface area (Å²) < 4.78 is 38.0. The summed E-state index contributed by atoms with van der Waals surface area (Å²) in [5.41, 5.74) is 0. The van der Waals surface area contributed by atoms with E-state index >= 15 is 0 Å². The van der Waals surface area contributed by atoms with Crippen LogP contribution in [-0.4, -0.2) is 34.2 Å². The van der Waals surface area contributed by atoms with Crippen LogP contribution in [0.4, 0.5) is 0 Å². The largest absolute Gasteiger partial charge is 0.464 e. The highest BCUT2D eigenvalue weighted by molar-refractivity contribution is 7.89. The van der Waals surface area contributed by atoms with E-state index in [1.807, 2.05) is 6.92 Å². The molecule has 0 bridgehead atoms. The number of rotatable bonds is 10. The topological polar surface area (TPSA) is 80.6 Å². The van der Waals surface area contributed by atoms with Crippen LogP contribution in [0, 0.1) is 6.92 Å². The Balaban J connectivity index is 2.74. The maximum atomic E-state index is 12.3. The highest BCUT2D eigenvalue weighted by Crippen LogP contribution is 2.20. The van der Waals surface area contributed by atoms with Crippen molar-refractivity contribution in [1.29, 1.82) is 0 Å². The lowest BCUT2D eigenvalue weighted by atomic mass is 10.4. The highest BCUT2D eigenvalue weighted by Gasteiger charge is 2.23. The fraction of sp³-hybridized carbons (Fsp3) is 0.714. The third-order valence-electron chi connectivity index (χ3n) is 2.87. The Labute approximate surface area is 127 Å². The minimum absolute atomic E-state index is 0.194. The number of ether oxygens (including phenoxy) is 1. The Bertz CT molecular complexity index is 525. The lowest BCUT2D eigenvalue weighted by Crippen LogP contribution is -2.36. The fourth-order valence-electron chi connectivity index (χ4n) is 1.92. The van der Waals surface area contributed by atoms with Gasteiger partial charge in [0.1, 0.15) is 16.4 Å². The summed E-state index contributed by atoms with van der Waals surface area (Å²) in [6, 6.07) is 1.29. The Morgan fingerprint density at radius 2 is 2.10 bits per heavy atom. The van der Waals surface area contributed by atoms with Gasteiger partial charge in [0, 0.05) is 18.7 Å². The molecule has 1 rings (SSSR count). The Kier molecular flexibility index (Phi) is 7.37. The molecule has 1 aromatic rings. The highest BCUT2D eigenvalue weighted by atomic mass is 32.2. The first kappa shape index (κ1) is 18.2. The molecular formula is C14H26N2O4S. The summed E-state index contributed by atoms with van der Waals surface area (Å²) in [5, 5.41) is 3.18. The van der Waals surface area contributed by atoms with E-state index < -0.39 is 10.0 Å². The number of hydrogen-bond donors (Lipinski definition) is 2. The molecule has 122 valence electrons. The van der Waals surface area contributed by atoms with E-state index in [-0.39, 0.29) is 10.9 Å². The van der Waals surface area contributed by atoms with Crippen LogP contribution in [0.5, 0.6) is 0 Å². The van der Waals surface area contributed by atoms with Gasteiger partial charge in [0.2, 0.25) is 10.0 Å². The molecule has 0 aliphatic heterocycles. The van der Waals surface area contributed by atoms with Gasteiger partial charge < -0.3 is 14.5 Å². The second-order valence-electron chi connectivity index (χ2n) is 4.99. The molecule has 0 spiro atoms. The van der Waals surface area contributed by atoms with Crippen LogP contribution in [0.3, 0.4) is 0 Å². The standard InChI is InChI=1S/C14H26N2O4S/c1-5-7-15-9-13-8-14(12(4)20-13)21(17,18)16-11(3)10-19-6-2/h8,11,15-16H,5-7,9-10H2,1-4H3. The minimum atomic E-state index is -3.58. The van der Waals surface area contributed by atoms with Crippen LogP contribution >= 0.6 is 0 Å². The van der Waals surface area contributed by atoms with E-state index in [0.717, 1.165) is 13.0 Å². The van der Waals surface area contributed by atoms with Gasteiger partial charge in [-0.25, -0.2) is 13.1 Å². The van der Waals surface area contributed by atoms with Crippen LogP contribution in [0.15, 0.2) is 15.4 Å².